The molecular weight excluding hydrogens is 283 g/mol. The number of hydrogen-bond donors (Lipinski definition) is 1. The molecule has 0 unspecified atom stereocenters. The quantitative estimate of drug-likeness (QED) is 0.809. The van der Waals surface area contributed by atoms with E-state index >= 15 is 0 Å². The van der Waals surface area contributed by atoms with Crippen LogP contribution in [0.2, 0.25) is 0 Å². The molecule has 0 radical (unpaired) electrons. The Hall–Kier alpha value is -1.11. The summed E-state index contributed by atoms with van der Waals surface area (Å²) in [5.74, 6) is -0.530. The number of nitrogens with two attached hydrogens (primary N) is 1. The van der Waals surface area contributed by atoms with Crippen molar-refractivity contribution in [1.29, 1.82) is 0 Å². The molecule has 1 amide bonds. The molecule has 4 nitrogen and oxygen atoms in total. The summed E-state index contributed by atoms with van der Waals surface area (Å²) in [5.41, 5.74) is 5.99. The van der Waals surface area contributed by atoms with Gasteiger partial charge < -0.3 is 10.2 Å². The van der Waals surface area contributed by atoms with E-state index in [2.05, 4.69) is 27.6 Å². The molecule has 0 spiro atoms. The number of carbonyl (C=O) groups is 1. The summed E-state index contributed by atoms with van der Waals surface area (Å²) in [6, 6.07) is 3.44. The summed E-state index contributed by atoms with van der Waals surface area (Å²) in [4.78, 5) is 14.6. The van der Waals surface area contributed by atoms with E-state index in [0.29, 0.717) is 5.58 Å². The first-order valence-electron chi connectivity index (χ1n) is 3.52. The predicted molar refractivity (Wildman–Crippen MR) is 55.2 cm³/mol. The van der Waals surface area contributed by atoms with E-state index in [1.807, 2.05) is 6.07 Å². The van der Waals surface area contributed by atoms with Gasteiger partial charge in [-0.05, 0) is 34.7 Å². The molecule has 0 atom stereocenters. The molecule has 2 aromatic heterocycles. The summed E-state index contributed by atoms with van der Waals surface area (Å²) >= 11 is 2.05. The first-order valence-corrected chi connectivity index (χ1v) is 4.59. The van der Waals surface area contributed by atoms with Crippen molar-refractivity contribution >= 4 is 39.5 Å². The molecule has 2 rings (SSSR count). The summed E-state index contributed by atoms with van der Waals surface area (Å²) in [5, 5.41) is 0.841. The maximum atomic E-state index is 10.8. The highest BCUT2D eigenvalue weighted by Gasteiger charge is 2.06. The van der Waals surface area contributed by atoms with Crippen molar-refractivity contribution in [2.75, 3.05) is 0 Å². The highest BCUT2D eigenvalue weighted by atomic mass is 127. The number of pyridine rings is 1. The number of primary amides is 1. The fraction of sp³-hybridized carbons (Fsp3) is 0. The van der Waals surface area contributed by atoms with Crippen LogP contribution in [-0.2, 0) is 0 Å². The topological polar surface area (TPSA) is 69.1 Å². The van der Waals surface area contributed by atoms with Crippen molar-refractivity contribution in [2.24, 2.45) is 5.73 Å². The zero-order valence-electron chi connectivity index (χ0n) is 6.45. The molecule has 0 aliphatic heterocycles. The van der Waals surface area contributed by atoms with Crippen LogP contribution in [0.5, 0.6) is 0 Å². The lowest BCUT2D eigenvalue weighted by Crippen LogP contribution is -2.12. The largest absolute Gasteiger partial charge is 0.449 e. The first kappa shape index (κ1) is 8.49. The van der Waals surface area contributed by atoms with Crippen LogP contribution < -0.4 is 5.73 Å². The van der Waals surface area contributed by atoms with E-state index in [1.54, 1.807) is 6.07 Å². The Morgan fingerprint density at radius 1 is 1.54 bits per heavy atom. The van der Waals surface area contributed by atoms with Gasteiger partial charge in [0.25, 0.3) is 5.91 Å². The minimum absolute atomic E-state index is 0.254. The van der Waals surface area contributed by atoms with E-state index in [4.69, 9.17) is 10.2 Å². The summed E-state index contributed by atoms with van der Waals surface area (Å²) in [6.45, 7) is 0. The van der Waals surface area contributed by atoms with Gasteiger partial charge in [-0.2, -0.15) is 0 Å². The van der Waals surface area contributed by atoms with Gasteiger partial charge in [-0.15, -0.1) is 0 Å². The number of hydrogen-bond acceptors (Lipinski definition) is 3. The van der Waals surface area contributed by atoms with Crippen molar-refractivity contribution in [2.45, 2.75) is 0 Å². The molecule has 0 fully saturated rings. The molecule has 5 heteroatoms. The van der Waals surface area contributed by atoms with Crippen LogP contribution in [0.4, 0.5) is 0 Å². The van der Waals surface area contributed by atoms with Crippen molar-refractivity contribution in [1.82, 2.24) is 4.98 Å². The van der Waals surface area contributed by atoms with E-state index < -0.39 is 5.91 Å². The number of amides is 1. The van der Waals surface area contributed by atoms with Crippen molar-refractivity contribution in [3.05, 3.63) is 27.8 Å². The van der Waals surface area contributed by atoms with Gasteiger partial charge in [-0.1, -0.05) is 0 Å². The van der Waals surface area contributed by atoms with E-state index in [-0.39, 0.29) is 5.69 Å². The third-order valence-electron chi connectivity index (χ3n) is 1.63. The summed E-state index contributed by atoms with van der Waals surface area (Å²) < 4.78 is 6.03. The lowest BCUT2D eigenvalue weighted by molar-refractivity contribution is 0.0996. The second-order valence-electron chi connectivity index (χ2n) is 2.52. The van der Waals surface area contributed by atoms with Gasteiger partial charge in [-0.3, -0.25) is 4.79 Å². The second kappa shape index (κ2) is 2.99. The molecular formula is C8H5IN2O2. The zero-order valence-corrected chi connectivity index (χ0v) is 8.61. The predicted octanol–water partition coefficient (Wildman–Crippen LogP) is 1.53. The van der Waals surface area contributed by atoms with Crippen LogP contribution in [0.25, 0.3) is 11.0 Å². The number of carbonyl (C=O) groups excluding carboxylic acids is 1. The maximum absolute atomic E-state index is 10.8. The molecule has 0 aliphatic carbocycles. The smallest absolute Gasteiger partial charge is 0.267 e. The average Bonchev–Trinajstić information content (AvgIpc) is 2.42. The third-order valence-corrected chi connectivity index (χ3v) is 2.16. The fourth-order valence-corrected chi connectivity index (χ4v) is 1.62. The summed E-state index contributed by atoms with van der Waals surface area (Å²) in [7, 11) is 0. The number of furan rings is 1. The van der Waals surface area contributed by atoms with E-state index in [1.165, 1.54) is 6.20 Å². The van der Waals surface area contributed by atoms with Gasteiger partial charge >= 0.3 is 0 Å². The Morgan fingerprint density at radius 3 is 3.00 bits per heavy atom. The highest BCUT2D eigenvalue weighted by molar-refractivity contribution is 14.1. The normalized spacial score (nSPS) is 10.5. The van der Waals surface area contributed by atoms with E-state index in [9.17, 15) is 4.79 Å². The van der Waals surface area contributed by atoms with Gasteiger partial charge in [0.05, 0.1) is 6.20 Å². The van der Waals surface area contributed by atoms with E-state index in [0.717, 1.165) is 9.15 Å². The van der Waals surface area contributed by atoms with Gasteiger partial charge in [0, 0.05) is 5.39 Å². The first-order chi connectivity index (χ1) is 6.16. The number of rotatable bonds is 1. The molecule has 2 heterocycles. The van der Waals surface area contributed by atoms with Crippen LogP contribution in [0.1, 0.15) is 10.5 Å². The minimum atomic E-state index is -0.530. The van der Waals surface area contributed by atoms with Gasteiger partial charge in [0.2, 0.25) is 0 Å². The molecule has 0 saturated carbocycles. The average molecular weight is 288 g/mol. The standard InChI is InChI=1S/C8H5IN2O2/c9-7-2-4-1-5(8(10)12)11-3-6(4)13-7/h1-3H,(H2,10,12). The fourth-order valence-electron chi connectivity index (χ4n) is 1.05. The molecule has 2 N–H and O–H groups in total. The number of nitrogens with zero attached hydrogens (tertiary/aromatic N) is 1. The SMILES string of the molecule is NC(=O)c1cc2cc(I)oc2cn1. The monoisotopic (exact) mass is 288 g/mol. The molecule has 0 aliphatic rings. The third kappa shape index (κ3) is 1.51. The Bertz CT molecular complexity index is 478. The minimum Gasteiger partial charge on any atom is -0.449 e. The van der Waals surface area contributed by atoms with Gasteiger partial charge in [-0.25, -0.2) is 4.98 Å². The molecule has 0 bridgehead atoms. The van der Waals surface area contributed by atoms with Gasteiger partial charge in [0.15, 0.2) is 9.35 Å². The molecule has 66 valence electrons. The van der Waals surface area contributed by atoms with Crippen LogP contribution in [-0.4, -0.2) is 10.9 Å². The molecule has 13 heavy (non-hydrogen) atoms. The highest BCUT2D eigenvalue weighted by Crippen LogP contribution is 2.20. The lowest BCUT2D eigenvalue weighted by Gasteiger charge is -1.92. The van der Waals surface area contributed by atoms with Gasteiger partial charge in [0.1, 0.15) is 5.69 Å². The molecule has 0 saturated heterocycles. The van der Waals surface area contributed by atoms with Crippen LogP contribution in [0.3, 0.4) is 0 Å². The van der Waals surface area contributed by atoms with Crippen LogP contribution in [0, 0.1) is 3.77 Å². The molecule has 0 aromatic carbocycles. The zero-order chi connectivity index (χ0) is 9.42. The number of aromatic nitrogens is 1. The van der Waals surface area contributed by atoms with Crippen LogP contribution >= 0.6 is 22.6 Å². The van der Waals surface area contributed by atoms with Crippen LogP contribution in [0.15, 0.2) is 22.7 Å². The lowest BCUT2D eigenvalue weighted by atomic mass is 10.2. The van der Waals surface area contributed by atoms with Crippen molar-refractivity contribution < 1.29 is 9.21 Å². The number of halogens is 1. The second-order valence-corrected chi connectivity index (χ2v) is 3.59. The van der Waals surface area contributed by atoms with Crippen molar-refractivity contribution in [3.8, 4) is 0 Å². The Morgan fingerprint density at radius 2 is 2.31 bits per heavy atom. The summed E-state index contributed by atoms with van der Waals surface area (Å²) in [6.07, 6.45) is 1.50. The van der Waals surface area contributed by atoms with Crippen molar-refractivity contribution in [3.63, 3.8) is 0 Å². The Kier molecular flexibility index (Phi) is 1.95. The number of fused-ring (bicyclic) bond motifs is 1. The Labute approximate surface area is 87.3 Å². The Balaban J connectivity index is 2.67. The molecule has 2 aromatic rings. The maximum Gasteiger partial charge on any atom is 0.267 e.